The molecule has 0 radical (unpaired) electrons. The van der Waals surface area contributed by atoms with E-state index in [0.717, 1.165) is 25.1 Å². The zero-order valence-electron chi connectivity index (χ0n) is 10.5. The molecule has 0 saturated heterocycles. The highest BCUT2D eigenvalue weighted by atomic mass is 16.1. The molecule has 0 unspecified atom stereocenters. The minimum atomic E-state index is -0.433. The predicted molar refractivity (Wildman–Crippen MR) is 71.9 cm³/mol. The second kappa shape index (κ2) is 6.13. The van der Waals surface area contributed by atoms with E-state index in [1.54, 1.807) is 18.2 Å². The van der Waals surface area contributed by atoms with Crippen LogP contribution in [0.2, 0.25) is 0 Å². The van der Waals surface area contributed by atoms with Gasteiger partial charge in [0.05, 0.1) is 5.56 Å². The lowest BCUT2D eigenvalue weighted by Gasteiger charge is -2.16. The van der Waals surface area contributed by atoms with Crippen molar-refractivity contribution in [2.75, 3.05) is 17.6 Å². The third-order valence-electron chi connectivity index (χ3n) is 3.04. The Kier molecular flexibility index (Phi) is 4.82. The SMILES string of the molecule is CCC(CC)CNc1cc(N)ccc1C(N)=O. The van der Waals surface area contributed by atoms with E-state index >= 15 is 0 Å². The van der Waals surface area contributed by atoms with Crippen LogP contribution in [-0.4, -0.2) is 12.5 Å². The number of rotatable bonds is 6. The van der Waals surface area contributed by atoms with Crippen molar-refractivity contribution in [2.45, 2.75) is 26.7 Å². The Balaban J connectivity index is 2.81. The van der Waals surface area contributed by atoms with Crippen LogP contribution >= 0.6 is 0 Å². The van der Waals surface area contributed by atoms with Gasteiger partial charge in [-0.2, -0.15) is 0 Å². The highest BCUT2D eigenvalue weighted by Crippen LogP contribution is 2.20. The van der Waals surface area contributed by atoms with Gasteiger partial charge in [0.25, 0.3) is 5.91 Å². The monoisotopic (exact) mass is 235 g/mol. The molecule has 17 heavy (non-hydrogen) atoms. The first-order chi connectivity index (χ1) is 8.08. The number of benzene rings is 1. The van der Waals surface area contributed by atoms with Crippen molar-refractivity contribution in [3.8, 4) is 0 Å². The summed E-state index contributed by atoms with van der Waals surface area (Å²) < 4.78 is 0. The van der Waals surface area contributed by atoms with Gasteiger partial charge in [-0.1, -0.05) is 26.7 Å². The number of nitrogens with two attached hydrogens (primary N) is 2. The number of anilines is 2. The van der Waals surface area contributed by atoms with Crippen LogP contribution in [0.3, 0.4) is 0 Å². The lowest BCUT2D eigenvalue weighted by Crippen LogP contribution is -2.18. The van der Waals surface area contributed by atoms with Crippen LogP contribution in [0.1, 0.15) is 37.0 Å². The number of carbonyl (C=O) groups excluding carboxylic acids is 1. The van der Waals surface area contributed by atoms with Crippen LogP contribution in [-0.2, 0) is 0 Å². The van der Waals surface area contributed by atoms with Crippen LogP contribution in [0, 0.1) is 5.92 Å². The smallest absolute Gasteiger partial charge is 0.250 e. The third-order valence-corrected chi connectivity index (χ3v) is 3.04. The number of nitrogen functional groups attached to an aromatic ring is 1. The van der Waals surface area contributed by atoms with Gasteiger partial charge in [0.1, 0.15) is 0 Å². The Morgan fingerprint density at radius 2 is 2.00 bits per heavy atom. The molecule has 4 nitrogen and oxygen atoms in total. The summed E-state index contributed by atoms with van der Waals surface area (Å²) in [6.45, 7) is 5.14. The Labute approximate surface area is 102 Å². The highest BCUT2D eigenvalue weighted by Gasteiger charge is 2.10. The number of hydrogen-bond donors (Lipinski definition) is 3. The number of amides is 1. The van der Waals surface area contributed by atoms with Crippen molar-refractivity contribution < 1.29 is 4.79 Å². The van der Waals surface area contributed by atoms with Crippen molar-refractivity contribution in [3.63, 3.8) is 0 Å². The van der Waals surface area contributed by atoms with E-state index in [-0.39, 0.29) is 0 Å². The lowest BCUT2D eigenvalue weighted by molar-refractivity contribution is 0.100. The first-order valence-electron chi connectivity index (χ1n) is 6.01. The number of hydrogen-bond acceptors (Lipinski definition) is 3. The molecule has 0 saturated carbocycles. The normalized spacial score (nSPS) is 10.5. The molecule has 0 heterocycles. The van der Waals surface area contributed by atoms with Gasteiger partial charge in [-0.25, -0.2) is 0 Å². The molecule has 4 heteroatoms. The van der Waals surface area contributed by atoms with Gasteiger partial charge in [0, 0.05) is 17.9 Å². The molecule has 0 atom stereocenters. The molecule has 94 valence electrons. The first-order valence-corrected chi connectivity index (χ1v) is 6.01. The molecular formula is C13H21N3O. The molecule has 1 amide bonds. The molecular weight excluding hydrogens is 214 g/mol. The first kappa shape index (κ1) is 13.4. The van der Waals surface area contributed by atoms with Crippen molar-refractivity contribution in [1.82, 2.24) is 0 Å². The molecule has 0 spiro atoms. The summed E-state index contributed by atoms with van der Waals surface area (Å²) in [6.07, 6.45) is 2.22. The van der Waals surface area contributed by atoms with E-state index in [4.69, 9.17) is 11.5 Å². The average molecular weight is 235 g/mol. The minimum Gasteiger partial charge on any atom is -0.399 e. The number of primary amides is 1. The van der Waals surface area contributed by atoms with Crippen LogP contribution in [0.25, 0.3) is 0 Å². The maximum absolute atomic E-state index is 11.3. The van der Waals surface area contributed by atoms with Gasteiger partial charge in [0.15, 0.2) is 0 Å². The summed E-state index contributed by atoms with van der Waals surface area (Å²) in [5.74, 6) is 0.161. The zero-order valence-corrected chi connectivity index (χ0v) is 10.5. The summed E-state index contributed by atoms with van der Waals surface area (Å²) in [4.78, 5) is 11.3. The van der Waals surface area contributed by atoms with E-state index in [0.29, 0.717) is 17.2 Å². The molecule has 0 aliphatic carbocycles. The second-order valence-corrected chi connectivity index (χ2v) is 4.23. The maximum Gasteiger partial charge on any atom is 0.250 e. The average Bonchev–Trinajstić information content (AvgIpc) is 2.30. The molecule has 0 aliphatic heterocycles. The van der Waals surface area contributed by atoms with E-state index < -0.39 is 5.91 Å². The topological polar surface area (TPSA) is 81.1 Å². The fourth-order valence-electron chi connectivity index (χ4n) is 1.75. The minimum absolute atomic E-state index is 0.433. The van der Waals surface area contributed by atoms with Crippen LogP contribution in [0.4, 0.5) is 11.4 Å². The molecule has 1 aromatic rings. The van der Waals surface area contributed by atoms with Gasteiger partial charge in [-0.05, 0) is 24.1 Å². The predicted octanol–water partition coefficient (Wildman–Crippen LogP) is 2.22. The van der Waals surface area contributed by atoms with Crippen LogP contribution in [0.5, 0.6) is 0 Å². The molecule has 1 rings (SSSR count). The Hall–Kier alpha value is -1.71. The van der Waals surface area contributed by atoms with Gasteiger partial charge in [-0.15, -0.1) is 0 Å². The maximum atomic E-state index is 11.3. The summed E-state index contributed by atoms with van der Waals surface area (Å²) >= 11 is 0. The molecule has 5 N–H and O–H groups in total. The largest absolute Gasteiger partial charge is 0.399 e. The molecule has 1 aromatic carbocycles. The van der Waals surface area contributed by atoms with Gasteiger partial charge in [-0.3, -0.25) is 4.79 Å². The van der Waals surface area contributed by atoms with E-state index in [1.165, 1.54) is 0 Å². The Bertz CT molecular complexity index is 386. The summed E-state index contributed by atoms with van der Waals surface area (Å²) in [7, 11) is 0. The fourth-order valence-corrected chi connectivity index (χ4v) is 1.75. The van der Waals surface area contributed by atoms with Crippen molar-refractivity contribution >= 4 is 17.3 Å². The van der Waals surface area contributed by atoms with Gasteiger partial charge < -0.3 is 16.8 Å². The molecule has 0 fully saturated rings. The Morgan fingerprint density at radius 3 is 2.53 bits per heavy atom. The fraction of sp³-hybridized carbons (Fsp3) is 0.462. The lowest BCUT2D eigenvalue weighted by atomic mass is 10.0. The standard InChI is InChI=1S/C13H21N3O/c1-3-9(4-2)8-16-12-7-10(14)5-6-11(12)13(15)17/h5-7,9,16H,3-4,8,14H2,1-2H3,(H2,15,17). The molecule has 0 aromatic heterocycles. The summed E-state index contributed by atoms with van der Waals surface area (Å²) in [5.41, 5.74) is 12.9. The number of nitrogens with one attached hydrogen (secondary N) is 1. The van der Waals surface area contributed by atoms with Crippen molar-refractivity contribution in [2.24, 2.45) is 11.7 Å². The van der Waals surface area contributed by atoms with Crippen molar-refractivity contribution in [3.05, 3.63) is 23.8 Å². The summed E-state index contributed by atoms with van der Waals surface area (Å²) in [6, 6.07) is 5.10. The van der Waals surface area contributed by atoms with E-state index in [9.17, 15) is 4.79 Å². The van der Waals surface area contributed by atoms with E-state index in [2.05, 4.69) is 19.2 Å². The Morgan fingerprint density at radius 1 is 1.35 bits per heavy atom. The second-order valence-electron chi connectivity index (χ2n) is 4.23. The van der Waals surface area contributed by atoms with Gasteiger partial charge >= 0.3 is 0 Å². The zero-order chi connectivity index (χ0) is 12.8. The highest BCUT2D eigenvalue weighted by molar-refractivity contribution is 5.99. The van der Waals surface area contributed by atoms with Crippen molar-refractivity contribution in [1.29, 1.82) is 0 Å². The summed E-state index contributed by atoms with van der Waals surface area (Å²) in [5, 5.41) is 3.26. The number of carbonyl (C=O) groups is 1. The van der Waals surface area contributed by atoms with Crippen LogP contribution < -0.4 is 16.8 Å². The van der Waals surface area contributed by atoms with Gasteiger partial charge in [0.2, 0.25) is 0 Å². The van der Waals surface area contributed by atoms with Crippen LogP contribution in [0.15, 0.2) is 18.2 Å². The molecule has 0 aliphatic rings. The third kappa shape index (κ3) is 3.66. The quantitative estimate of drug-likeness (QED) is 0.661. The molecule has 0 bridgehead atoms. The van der Waals surface area contributed by atoms with E-state index in [1.807, 2.05) is 0 Å².